The quantitative estimate of drug-likeness (QED) is 0.274. The van der Waals surface area contributed by atoms with E-state index in [1.54, 1.807) is 17.0 Å². The van der Waals surface area contributed by atoms with E-state index in [2.05, 4.69) is 0 Å². The molecule has 1 unspecified atom stereocenters. The molecule has 5 nitrogen and oxygen atoms in total. The number of hydrogen-bond acceptors (Lipinski definition) is 4. The Balaban J connectivity index is 1.84. The Labute approximate surface area is 216 Å². The van der Waals surface area contributed by atoms with Crippen LogP contribution in [0.4, 0.5) is 13.2 Å². The summed E-state index contributed by atoms with van der Waals surface area (Å²) in [7, 11) is -4.51. The third-order valence-electron chi connectivity index (χ3n) is 5.73. The Kier molecular flexibility index (Phi) is 9.02. The second-order valence-corrected chi connectivity index (χ2v) is 10.7. The number of nitrogens with zero attached hydrogens (tertiary/aromatic N) is 1. The van der Waals surface area contributed by atoms with Crippen LogP contribution < -0.4 is 4.18 Å². The molecule has 1 atom stereocenters. The maximum Gasteiger partial charge on any atom is 0.416 e. The first-order chi connectivity index (χ1) is 17.4. The van der Waals surface area contributed by atoms with E-state index >= 15 is 0 Å². The van der Waals surface area contributed by atoms with Gasteiger partial charge < -0.3 is 9.08 Å². The fourth-order valence-corrected chi connectivity index (χ4v) is 5.02. The molecule has 198 valence electrons. The average Bonchev–Trinajstić information content (AvgIpc) is 2.84. The van der Waals surface area contributed by atoms with Crippen molar-refractivity contribution in [3.05, 3.63) is 95.6 Å². The fraction of sp³-hybridized carbons (Fsp3) is 0.321. The van der Waals surface area contributed by atoms with Gasteiger partial charge in [0.1, 0.15) is 10.6 Å². The van der Waals surface area contributed by atoms with Gasteiger partial charge >= 0.3 is 16.3 Å². The molecule has 0 fully saturated rings. The van der Waals surface area contributed by atoms with Crippen LogP contribution in [0.3, 0.4) is 0 Å². The zero-order chi connectivity index (χ0) is 27.2. The first kappa shape index (κ1) is 28.2. The molecule has 0 saturated carbocycles. The van der Waals surface area contributed by atoms with Gasteiger partial charge in [0, 0.05) is 13.1 Å². The van der Waals surface area contributed by atoms with E-state index in [-0.39, 0.29) is 30.0 Å². The van der Waals surface area contributed by atoms with Crippen LogP contribution in [0.1, 0.15) is 49.8 Å². The monoisotopic (exact) mass is 533 g/mol. The van der Waals surface area contributed by atoms with Crippen LogP contribution in [0.5, 0.6) is 5.75 Å². The van der Waals surface area contributed by atoms with E-state index in [1.807, 2.05) is 51.1 Å². The molecule has 0 spiro atoms. The van der Waals surface area contributed by atoms with Gasteiger partial charge in [0.25, 0.3) is 0 Å². The molecule has 0 aromatic heterocycles. The summed E-state index contributed by atoms with van der Waals surface area (Å²) in [5.41, 5.74) is 0.472. The molecule has 0 aliphatic rings. The highest BCUT2D eigenvalue weighted by Crippen LogP contribution is 2.31. The summed E-state index contributed by atoms with van der Waals surface area (Å²) < 4.78 is 69.7. The molecule has 37 heavy (non-hydrogen) atoms. The van der Waals surface area contributed by atoms with Crippen molar-refractivity contribution in [3.8, 4) is 5.75 Å². The van der Waals surface area contributed by atoms with Crippen molar-refractivity contribution in [2.75, 3.05) is 6.54 Å². The van der Waals surface area contributed by atoms with Crippen molar-refractivity contribution in [2.24, 2.45) is 5.92 Å². The van der Waals surface area contributed by atoms with Gasteiger partial charge in [-0.1, -0.05) is 69.3 Å². The average molecular weight is 534 g/mol. The topological polar surface area (TPSA) is 63.7 Å². The lowest BCUT2D eigenvalue weighted by molar-refractivity contribution is -0.137. The number of amides is 1. The highest BCUT2D eigenvalue weighted by Gasteiger charge is 2.32. The van der Waals surface area contributed by atoms with E-state index in [9.17, 15) is 26.4 Å². The van der Waals surface area contributed by atoms with Crippen LogP contribution in [0, 0.1) is 5.92 Å². The Morgan fingerprint density at radius 2 is 1.62 bits per heavy atom. The molecular formula is C28H30F3NO4S. The smallest absolute Gasteiger partial charge is 0.379 e. The number of benzene rings is 3. The summed E-state index contributed by atoms with van der Waals surface area (Å²) in [6, 6.07) is 19.1. The predicted octanol–water partition coefficient (Wildman–Crippen LogP) is 6.65. The lowest BCUT2D eigenvalue weighted by Gasteiger charge is -2.29. The molecule has 3 aromatic rings. The van der Waals surface area contributed by atoms with Crippen molar-refractivity contribution >= 4 is 16.0 Å². The number of carbonyl (C=O) groups is 1. The van der Waals surface area contributed by atoms with Gasteiger partial charge in [-0.05, 0) is 53.8 Å². The van der Waals surface area contributed by atoms with E-state index in [0.717, 1.165) is 23.8 Å². The molecule has 0 heterocycles. The second kappa shape index (κ2) is 11.8. The summed E-state index contributed by atoms with van der Waals surface area (Å²) in [6.45, 7) is 6.68. The van der Waals surface area contributed by atoms with Crippen molar-refractivity contribution in [2.45, 2.75) is 50.7 Å². The molecule has 0 aliphatic heterocycles. The molecule has 0 aliphatic carbocycles. The summed E-state index contributed by atoms with van der Waals surface area (Å²) in [4.78, 5) is 14.7. The molecular weight excluding hydrogens is 503 g/mol. The third kappa shape index (κ3) is 7.58. The van der Waals surface area contributed by atoms with Crippen LogP contribution in [-0.2, 0) is 27.6 Å². The first-order valence-electron chi connectivity index (χ1n) is 11.9. The maximum atomic E-state index is 13.5. The SMILES string of the molecule is CCC(C(=O)N(Cc1cccc(OS(=O)(=O)c2cccc(C(F)(F)F)c2)c1)CC(C)C)c1ccccc1. The van der Waals surface area contributed by atoms with Gasteiger partial charge in [-0.3, -0.25) is 4.79 Å². The highest BCUT2D eigenvalue weighted by molar-refractivity contribution is 7.87. The van der Waals surface area contributed by atoms with Crippen molar-refractivity contribution in [1.82, 2.24) is 4.90 Å². The standard InChI is InChI=1S/C28H30F3NO4S/c1-4-26(22-11-6-5-7-12-22)27(33)32(18-20(2)3)19-21-10-8-14-24(16-21)36-37(34,35)25-15-9-13-23(17-25)28(29,30)31/h5-17,20,26H,4,18-19H2,1-3H3. The van der Waals surface area contributed by atoms with Gasteiger partial charge in [-0.15, -0.1) is 0 Å². The van der Waals surface area contributed by atoms with Crippen molar-refractivity contribution < 1.29 is 30.6 Å². The van der Waals surface area contributed by atoms with Crippen LogP contribution >= 0.6 is 0 Å². The van der Waals surface area contributed by atoms with E-state index < -0.39 is 26.8 Å². The van der Waals surface area contributed by atoms with Gasteiger partial charge in [0.2, 0.25) is 5.91 Å². The zero-order valence-electron chi connectivity index (χ0n) is 20.9. The highest BCUT2D eigenvalue weighted by atomic mass is 32.2. The Morgan fingerprint density at radius 3 is 2.24 bits per heavy atom. The summed E-state index contributed by atoms with van der Waals surface area (Å²) >= 11 is 0. The van der Waals surface area contributed by atoms with Crippen LogP contribution in [0.25, 0.3) is 0 Å². The molecule has 3 rings (SSSR count). The van der Waals surface area contributed by atoms with E-state index in [1.165, 1.54) is 12.1 Å². The number of hydrogen-bond donors (Lipinski definition) is 0. The minimum Gasteiger partial charge on any atom is -0.379 e. The Bertz CT molecular complexity index is 1310. The lowest BCUT2D eigenvalue weighted by Crippen LogP contribution is -2.37. The van der Waals surface area contributed by atoms with Gasteiger partial charge in [-0.2, -0.15) is 21.6 Å². The minimum atomic E-state index is -4.69. The maximum absolute atomic E-state index is 13.5. The van der Waals surface area contributed by atoms with Crippen molar-refractivity contribution in [3.63, 3.8) is 0 Å². The number of alkyl halides is 3. The Hall–Kier alpha value is -3.33. The van der Waals surface area contributed by atoms with E-state index in [4.69, 9.17) is 4.18 Å². The van der Waals surface area contributed by atoms with Gasteiger partial charge in [-0.25, -0.2) is 0 Å². The molecule has 1 amide bonds. The van der Waals surface area contributed by atoms with Gasteiger partial charge in [0.15, 0.2) is 0 Å². The zero-order valence-corrected chi connectivity index (χ0v) is 21.7. The summed E-state index contributed by atoms with van der Waals surface area (Å²) in [5.74, 6) is -0.217. The van der Waals surface area contributed by atoms with Crippen molar-refractivity contribution in [1.29, 1.82) is 0 Å². The Morgan fingerprint density at radius 1 is 0.946 bits per heavy atom. The summed E-state index contributed by atoms with van der Waals surface area (Å²) in [5, 5.41) is 0. The normalized spacial score (nSPS) is 12.8. The molecule has 9 heteroatoms. The largest absolute Gasteiger partial charge is 0.416 e. The second-order valence-electron chi connectivity index (χ2n) is 9.19. The molecule has 0 bridgehead atoms. The van der Waals surface area contributed by atoms with Crippen LogP contribution in [0.15, 0.2) is 83.8 Å². The minimum absolute atomic E-state index is 0.0368. The number of rotatable bonds is 10. The number of carbonyl (C=O) groups excluding carboxylic acids is 1. The van der Waals surface area contributed by atoms with E-state index in [0.29, 0.717) is 24.6 Å². The number of halogens is 3. The van der Waals surface area contributed by atoms with Gasteiger partial charge in [0.05, 0.1) is 11.5 Å². The molecule has 0 radical (unpaired) electrons. The fourth-order valence-electron chi connectivity index (χ4n) is 4.05. The van der Waals surface area contributed by atoms with Crippen LogP contribution in [-0.4, -0.2) is 25.8 Å². The van der Waals surface area contributed by atoms with Crippen LogP contribution in [0.2, 0.25) is 0 Å². The molecule has 0 saturated heterocycles. The lowest BCUT2D eigenvalue weighted by atomic mass is 9.94. The molecule has 0 N–H and O–H groups in total. The summed E-state index contributed by atoms with van der Waals surface area (Å²) in [6.07, 6.45) is -4.07. The predicted molar refractivity (Wildman–Crippen MR) is 135 cm³/mol. The molecule has 3 aromatic carbocycles. The third-order valence-corrected chi connectivity index (χ3v) is 6.98. The first-order valence-corrected chi connectivity index (χ1v) is 13.4.